The van der Waals surface area contributed by atoms with Crippen LogP contribution in [0.4, 0.5) is 5.69 Å². The number of rotatable bonds is 7. The topological polar surface area (TPSA) is 68.5 Å². The fourth-order valence-corrected chi connectivity index (χ4v) is 2.86. The third kappa shape index (κ3) is 4.88. The van der Waals surface area contributed by atoms with E-state index in [1.54, 1.807) is 19.1 Å². The van der Waals surface area contributed by atoms with E-state index in [9.17, 15) is 9.59 Å². The predicted octanol–water partition coefficient (Wildman–Crippen LogP) is 5.46. The third-order valence-electron chi connectivity index (χ3n) is 4.36. The van der Waals surface area contributed by atoms with Crippen molar-refractivity contribution in [1.82, 2.24) is 0 Å². The molecule has 1 heterocycles. The molecule has 1 amide bonds. The number of ether oxygens (including phenoxy) is 1. The van der Waals surface area contributed by atoms with Gasteiger partial charge >= 0.3 is 0 Å². The second-order valence-corrected chi connectivity index (χ2v) is 6.70. The lowest BCUT2D eigenvalue weighted by atomic mass is 10.1. The number of aryl methyl sites for hydroxylation is 3. The van der Waals surface area contributed by atoms with E-state index in [2.05, 4.69) is 5.32 Å². The summed E-state index contributed by atoms with van der Waals surface area (Å²) < 4.78 is 11.5. The van der Waals surface area contributed by atoms with Crippen molar-refractivity contribution < 1.29 is 18.7 Å². The molecule has 0 unspecified atom stereocenters. The standard InChI is InChI=1S/C23H23NO4/c1-15-8-10-18(11-9-15)28-22-7-5-4-6-21(22)24-23(26)13-12-19-14-20(16(2)25)17(3)27-19/h4-11,14H,12-13H2,1-3H3,(H,24,26). The first kappa shape index (κ1) is 19.4. The van der Waals surface area contributed by atoms with Crippen LogP contribution in [-0.2, 0) is 11.2 Å². The van der Waals surface area contributed by atoms with E-state index in [1.807, 2.05) is 49.4 Å². The van der Waals surface area contributed by atoms with Gasteiger partial charge in [-0.1, -0.05) is 29.8 Å². The number of anilines is 1. The molecule has 2 aromatic carbocycles. The van der Waals surface area contributed by atoms with Gasteiger partial charge in [0.1, 0.15) is 17.3 Å². The van der Waals surface area contributed by atoms with Crippen molar-refractivity contribution >= 4 is 17.4 Å². The Hall–Kier alpha value is -3.34. The van der Waals surface area contributed by atoms with Gasteiger partial charge in [0.25, 0.3) is 0 Å². The third-order valence-corrected chi connectivity index (χ3v) is 4.36. The molecule has 0 fully saturated rings. The lowest BCUT2D eigenvalue weighted by molar-refractivity contribution is -0.116. The van der Waals surface area contributed by atoms with E-state index >= 15 is 0 Å². The molecule has 0 radical (unpaired) electrons. The number of ketones is 1. The molecule has 1 N–H and O–H groups in total. The molecular weight excluding hydrogens is 354 g/mol. The predicted molar refractivity (Wildman–Crippen MR) is 108 cm³/mol. The van der Waals surface area contributed by atoms with E-state index < -0.39 is 0 Å². The van der Waals surface area contributed by atoms with Gasteiger partial charge in [-0.2, -0.15) is 0 Å². The van der Waals surface area contributed by atoms with Crippen LogP contribution in [0.15, 0.2) is 59.0 Å². The largest absolute Gasteiger partial charge is 0.466 e. The SMILES string of the molecule is CC(=O)c1cc(CCC(=O)Nc2ccccc2Oc2ccc(C)cc2)oc1C. The minimum Gasteiger partial charge on any atom is -0.466 e. The summed E-state index contributed by atoms with van der Waals surface area (Å²) in [5, 5.41) is 2.88. The Bertz CT molecular complexity index is 986. The van der Waals surface area contributed by atoms with Crippen molar-refractivity contribution in [3.63, 3.8) is 0 Å². The van der Waals surface area contributed by atoms with Crippen LogP contribution in [0, 0.1) is 13.8 Å². The lowest BCUT2D eigenvalue weighted by Gasteiger charge is -2.12. The average molecular weight is 377 g/mol. The molecule has 0 aliphatic carbocycles. The van der Waals surface area contributed by atoms with Crippen molar-refractivity contribution in [1.29, 1.82) is 0 Å². The zero-order valence-corrected chi connectivity index (χ0v) is 16.2. The minimum absolute atomic E-state index is 0.0425. The number of nitrogens with one attached hydrogen (secondary N) is 1. The molecule has 0 spiro atoms. The summed E-state index contributed by atoms with van der Waals surface area (Å²) in [6, 6.07) is 16.7. The highest BCUT2D eigenvalue weighted by Gasteiger charge is 2.13. The van der Waals surface area contributed by atoms with Crippen LogP contribution >= 0.6 is 0 Å². The molecule has 5 nitrogen and oxygen atoms in total. The Labute approximate surface area is 164 Å². The lowest BCUT2D eigenvalue weighted by Crippen LogP contribution is -2.12. The molecule has 0 aliphatic heterocycles. The van der Waals surface area contributed by atoms with Crippen LogP contribution in [0.1, 0.15) is 40.8 Å². The van der Waals surface area contributed by atoms with Crippen molar-refractivity contribution in [2.75, 3.05) is 5.32 Å². The molecule has 1 aromatic heterocycles. The molecule has 0 saturated heterocycles. The zero-order valence-electron chi connectivity index (χ0n) is 16.2. The van der Waals surface area contributed by atoms with E-state index in [4.69, 9.17) is 9.15 Å². The van der Waals surface area contributed by atoms with Crippen LogP contribution in [0.2, 0.25) is 0 Å². The van der Waals surface area contributed by atoms with E-state index in [-0.39, 0.29) is 18.1 Å². The van der Waals surface area contributed by atoms with Crippen LogP contribution in [0.5, 0.6) is 11.5 Å². The van der Waals surface area contributed by atoms with E-state index in [0.29, 0.717) is 40.7 Å². The van der Waals surface area contributed by atoms with Crippen molar-refractivity contribution in [2.45, 2.75) is 33.6 Å². The quantitative estimate of drug-likeness (QED) is 0.555. The number of furan rings is 1. The van der Waals surface area contributed by atoms with E-state index in [1.165, 1.54) is 6.92 Å². The van der Waals surface area contributed by atoms with Crippen LogP contribution in [-0.4, -0.2) is 11.7 Å². The molecule has 0 atom stereocenters. The van der Waals surface area contributed by atoms with Gasteiger partial charge in [0.05, 0.1) is 11.3 Å². The normalized spacial score (nSPS) is 10.5. The van der Waals surface area contributed by atoms with Crippen LogP contribution in [0.3, 0.4) is 0 Å². The first-order valence-electron chi connectivity index (χ1n) is 9.16. The molecule has 3 aromatic rings. The molecule has 28 heavy (non-hydrogen) atoms. The second-order valence-electron chi connectivity index (χ2n) is 6.70. The number of carbonyl (C=O) groups excluding carboxylic acids is 2. The Morgan fingerprint density at radius 1 is 1.04 bits per heavy atom. The molecule has 0 saturated carbocycles. The maximum absolute atomic E-state index is 12.4. The van der Waals surface area contributed by atoms with Gasteiger partial charge in [-0.15, -0.1) is 0 Å². The maximum atomic E-state index is 12.4. The fourth-order valence-electron chi connectivity index (χ4n) is 2.86. The van der Waals surface area contributed by atoms with Gasteiger partial charge in [-0.3, -0.25) is 9.59 Å². The Morgan fingerprint density at radius 2 is 1.75 bits per heavy atom. The van der Waals surface area contributed by atoms with Gasteiger partial charge < -0.3 is 14.5 Å². The van der Waals surface area contributed by atoms with Gasteiger partial charge in [-0.25, -0.2) is 0 Å². The van der Waals surface area contributed by atoms with Crippen molar-refractivity contribution in [3.05, 3.63) is 77.2 Å². The molecule has 5 heteroatoms. The highest BCUT2D eigenvalue weighted by atomic mass is 16.5. The van der Waals surface area contributed by atoms with Crippen LogP contribution < -0.4 is 10.1 Å². The number of carbonyl (C=O) groups is 2. The van der Waals surface area contributed by atoms with Crippen LogP contribution in [0.25, 0.3) is 0 Å². The number of para-hydroxylation sites is 2. The second kappa shape index (κ2) is 8.57. The summed E-state index contributed by atoms with van der Waals surface area (Å²) in [4.78, 5) is 23.9. The summed E-state index contributed by atoms with van der Waals surface area (Å²) in [6.07, 6.45) is 0.657. The highest BCUT2D eigenvalue weighted by Crippen LogP contribution is 2.29. The Balaban J connectivity index is 1.63. The molecule has 0 aliphatic rings. The van der Waals surface area contributed by atoms with Gasteiger partial charge in [-0.05, 0) is 51.1 Å². The van der Waals surface area contributed by atoms with Crippen molar-refractivity contribution in [2.24, 2.45) is 0 Å². The first-order valence-corrected chi connectivity index (χ1v) is 9.16. The summed E-state index contributed by atoms with van der Waals surface area (Å²) >= 11 is 0. The minimum atomic E-state index is -0.154. The number of Topliss-reactive ketones (excluding diaryl/α,β-unsaturated/α-hetero) is 1. The number of hydrogen-bond acceptors (Lipinski definition) is 4. The first-order chi connectivity index (χ1) is 13.4. The summed E-state index contributed by atoms with van der Waals surface area (Å²) in [5.41, 5.74) is 2.32. The summed E-state index contributed by atoms with van der Waals surface area (Å²) in [6.45, 7) is 5.26. The average Bonchev–Trinajstić information content (AvgIpc) is 3.04. The molecule has 144 valence electrons. The summed E-state index contributed by atoms with van der Waals surface area (Å²) in [5.74, 6) is 2.29. The van der Waals surface area contributed by atoms with E-state index in [0.717, 1.165) is 5.56 Å². The summed E-state index contributed by atoms with van der Waals surface area (Å²) in [7, 11) is 0. The smallest absolute Gasteiger partial charge is 0.224 e. The van der Waals surface area contributed by atoms with Crippen molar-refractivity contribution in [3.8, 4) is 11.5 Å². The fraction of sp³-hybridized carbons (Fsp3) is 0.217. The van der Waals surface area contributed by atoms with Gasteiger partial charge in [0, 0.05) is 12.8 Å². The Morgan fingerprint density at radius 3 is 2.43 bits per heavy atom. The molecular formula is C23H23NO4. The number of amides is 1. The monoisotopic (exact) mass is 377 g/mol. The molecule has 0 bridgehead atoms. The zero-order chi connectivity index (χ0) is 20.1. The Kier molecular flexibility index (Phi) is 5.94. The molecule has 3 rings (SSSR count). The number of hydrogen-bond donors (Lipinski definition) is 1. The highest BCUT2D eigenvalue weighted by molar-refractivity contribution is 5.95. The maximum Gasteiger partial charge on any atom is 0.224 e. The number of benzene rings is 2. The van der Waals surface area contributed by atoms with Gasteiger partial charge in [0.15, 0.2) is 11.5 Å². The van der Waals surface area contributed by atoms with Gasteiger partial charge in [0.2, 0.25) is 5.91 Å².